The van der Waals surface area contributed by atoms with Crippen LogP contribution in [0.2, 0.25) is 0 Å². The Balaban J connectivity index is 1.60. The average molecular weight is 340 g/mol. The fourth-order valence-electron chi connectivity index (χ4n) is 2.92. The predicted octanol–water partition coefficient (Wildman–Crippen LogP) is 1.40. The number of nitrogens with one attached hydrogen (secondary N) is 1. The molecule has 1 fully saturated rings. The van der Waals surface area contributed by atoms with Crippen molar-refractivity contribution in [3.05, 3.63) is 54.4 Å². The van der Waals surface area contributed by atoms with Crippen LogP contribution in [0.3, 0.4) is 0 Å². The number of carbonyl (C=O) groups is 3. The van der Waals surface area contributed by atoms with Gasteiger partial charge in [0.15, 0.2) is 0 Å². The molecule has 1 aliphatic rings. The third-order valence-electron chi connectivity index (χ3n) is 4.33. The first-order chi connectivity index (χ1) is 12.0. The number of amides is 1. The Morgan fingerprint density at radius 2 is 1.36 bits per heavy atom. The van der Waals surface area contributed by atoms with Gasteiger partial charge in [-0.25, -0.2) is 0 Å². The molecule has 0 radical (unpaired) electrons. The second-order valence-corrected chi connectivity index (χ2v) is 5.90. The summed E-state index contributed by atoms with van der Waals surface area (Å²) in [7, 11) is 0. The maximum absolute atomic E-state index is 12.1. The summed E-state index contributed by atoms with van der Waals surface area (Å²) in [5.41, 5.74) is 2.87. The molecular weight excluding hydrogens is 324 g/mol. The number of carbonyl (C=O) groups excluding carboxylic acids is 1. The number of carboxylic acids is 2. The number of carboxylic acid groups (broad SMARTS) is 2. The number of aliphatic carboxylic acids is 2. The molecule has 1 heterocycles. The van der Waals surface area contributed by atoms with Crippen LogP contribution in [-0.4, -0.2) is 33.0 Å². The van der Waals surface area contributed by atoms with Crippen molar-refractivity contribution in [3.8, 4) is 11.1 Å². The molecule has 128 valence electrons. The minimum atomic E-state index is -1.26. The van der Waals surface area contributed by atoms with Crippen LogP contribution in [-0.2, 0) is 20.9 Å². The van der Waals surface area contributed by atoms with Crippen molar-refractivity contribution >= 4 is 17.8 Å². The molecule has 7 nitrogen and oxygen atoms in total. The van der Waals surface area contributed by atoms with Crippen LogP contribution in [0.25, 0.3) is 11.1 Å². The number of pyridine rings is 1. The molecule has 0 spiro atoms. The lowest BCUT2D eigenvalue weighted by molar-refractivity contribution is -0.144. The van der Waals surface area contributed by atoms with E-state index >= 15 is 0 Å². The quantitative estimate of drug-likeness (QED) is 0.732. The first kappa shape index (κ1) is 16.6. The van der Waals surface area contributed by atoms with Crippen LogP contribution >= 0.6 is 0 Å². The molecule has 2 atom stereocenters. The molecule has 3 N–H and O–H groups in total. The van der Waals surface area contributed by atoms with Gasteiger partial charge in [-0.3, -0.25) is 19.4 Å². The number of benzene rings is 1. The van der Waals surface area contributed by atoms with Gasteiger partial charge in [-0.15, -0.1) is 0 Å². The highest BCUT2D eigenvalue weighted by molar-refractivity contribution is 5.98. The van der Waals surface area contributed by atoms with Crippen molar-refractivity contribution in [3.63, 3.8) is 0 Å². The van der Waals surface area contributed by atoms with Crippen molar-refractivity contribution in [2.24, 2.45) is 17.8 Å². The van der Waals surface area contributed by atoms with Gasteiger partial charge < -0.3 is 15.5 Å². The number of rotatable bonds is 6. The molecule has 3 rings (SSSR count). The third-order valence-corrected chi connectivity index (χ3v) is 4.33. The molecule has 1 aromatic carbocycles. The Bertz CT molecular complexity index is 784. The Morgan fingerprint density at radius 3 is 1.88 bits per heavy atom. The highest BCUT2D eigenvalue weighted by Crippen LogP contribution is 2.46. The summed E-state index contributed by atoms with van der Waals surface area (Å²) >= 11 is 0. The van der Waals surface area contributed by atoms with E-state index in [-0.39, 0.29) is 6.54 Å². The van der Waals surface area contributed by atoms with Crippen LogP contribution in [0.15, 0.2) is 48.8 Å². The Hall–Kier alpha value is -3.22. The van der Waals surface area contributed by atoms with Gasteiger partial charge in [0.1, 0.15) is 0 Å². The number of hydrogen-bond donors (Lipinski definition) is 3. The van der Waals surface area contributed by atoms with Crippen LogP contribution in [0, 0.1) is 17.8 Å². The van der Waals surface area contributed by atoms with Gasteiger partial charge in [-0.1, -0.05) is 24.3 Å². The first-order valence-electron chi connectivity index (χ1n) is 7.71. The molecule has 2 aromatic rings. The van der Waals surface area contributed by atoms with Gasteiger partial charge in [0.25, 0.3) is 0 Å². The van der Waals surface area contributed by atoms with E-state index in [0.717, 1.165) is 16.7 Å². The minimum Gasteiger partial charge on any atom is -0.481 e. The zero-order valence-electron chi connectivity index (χ0n) is 13.1. The smallest absolute Gasteiger partial charge is 0.308 e. The largest absolute Gasteiger partial charge is 0.481 e. The standard InChI is InChI=1S/C18H16N2O5/c21-16(13-14(17(22)23)15(13)18(24)25)20-9-10-1-3-11(4-2-10)12-5-7-19-8-6-12/h1-8,13-15H,9H2,(H,20,21)(H,22,23)(H,24,25). The number of nitrogens with zero attached hydrogens (tertiary/aromatic N) is 1. The topological polar surface area (TPSA) is 117 Å². The highest BCUT2D eigenvalue weighted by Gasteiger charge is 2.63. The zero-order valence-corrected chi connectivity index (χ0v) is 13.1. The minimum absolute atomic E-state index is 0.213. The number of aromatic nitrogens is 1. The lowest BCUT2D eigenvalue weighted by Crippen LogP contribution is -2.26. The second kappa shape index (κ2) is 6.72. The van der Waals surface area contributed by atoms with Crippen molar-refractivity contribution in [2.45, 2.75) is 6.54 Å². The monoisotopic (exact) mass is 340 g/mol. The van der Waals surface area contributed by atoms with Crippen molar-refractivity contribution in [1.29, 1.82) is 0 Å². The second-order valence-electron chi connectivity index (χ2n) is 5.90. The zero-order chi connectivity index (χ0) is 18.0. The van der Waals surface area contributed by atoms with E-state index in [9.17, 15) is 14.4 Å². The lowest BCUT2D eigenvalue weighted by Gasteiger charge is -2.06. The predicted molar refractivity (Wildman–Crippen MR) is 87.3 cm³/mol. The Labute approximate surface area is 143 Å². The normalized spacial score (nSPS) is 21.4. The summed E-state index contributed by atoms with van der Waals surface area (Å²) in [4.78, 5) is 38.0. The Kier molecular flexibility index (Phi) is 4.47. The maximum atomic E-state index is 12.1. The van der Waals surface area contributed by atoms with Crippen molar-refractivity contribution < 1.29 is 24.6 Å². The summed E-state index contributed by atoms with van der Waals surface area (Å²) in [6, 6.07) is 11.3. The molecule has 1 aromatic heterocycles. The fourth-order valence-corrected chi connectivity index (χ4v) is 2.92. The molecule has 0 aliphatic heterocycles. The molecular formula is C18H16N2O5. The molecule has 1 saturated carbocycles. The molecule has 1 amide bonds. The fraction of sp³-hybridized carbons (Fsp3) is 0.222. The van der Waals surface area contributed by atoms with E-state index in [4.69, 9.17) is 10.2 Å². The van der Waals surface area contributed by atoms with Gasteiger partial charge >= 0.3 is 11.9 Å². The molecule has 0 bridgehead atoms. The summed E-state index contributed by atoms with van der Waals surface area (Å²) in [6.45, 7) is 0.213. The van der Waals surface area contributed by atoms with E-state index in [1.54, 1.807) is 12.4 Å². The molecule has 7 heteroatoms. The van der Waals surface area contributed by atoms with E-state index in [1.807, 2.05) is 36.4 Å². The first-order valence-corrected chi connectivity index (χ1v) is 7.71. The highest BCUT2D eigenvalue weighted by atomic mass is 16.4. The third kappa shape index (κ3) is 3.50. The van der Waals surface area contributed by atoms with Gasteiger partial charge in [-0.2, -0.15) is 0 Å². The lowest BCUT2D eigenvalue weighted by atomic mass is 10.1. The molecule has 25 heavy (non-hydrogen) atoms. The summed E-state index contributed by atoms with van der Waals surface area (Å²) in [5.74, 6) is -6.36. The maximum Gasteiger partial charge on any atom is 0.308 e. The van der Waals surface area contributed by atoms with Crippen LogP contribution in [0.1, 0.15) is 5.56 Å². The van der Waals surface area contributed by atoms with Gasteiger partial charge in [0.2, 0.25) is 5.91 Å². The van der Waals surface area contributed by atoms with Crippen LogP contribution in [0.5, 0.6) is 0 Å². The molecule has 2 unspecified atom stereocenters. The summed E-state index contributed by atoms with van der Waals surface area (Å²) in [6.07, 6.45) is 3.41. The van der Waals surface area contributed by atoms with E-state index in [0.29, 0.717) is 0 Å². The van der Waals surface area contributed by atoms with Crippen molar-refractivity contribution in [1.82, 2.24) is 10.3 Å². The van der Waals surface area contributed by atoms with Gasteiger partial charge in [-0.05, 0) is 28.8 Å². The average Bonchev–Trinajstić information content (AvgIpc) is 3.37. The molecule has 1 aliphatic carbocycles. The number of hydrogen-bond acceptors (Lipinski definition) is 4. The van der Waals surface area contributed by atoms with Crippen molar-refractivity contribution in [2.75, 3.05) is 0 Å². The summed E-state index contributed by atoms with van der Waals surface area (Å²) in [5, 5.41) is 20.6. The van der Waals surface area contributed by atoms with E-state index in [2.05, 4.69) is 10.3 Å². The van der Waals surface area contributed by atoms with Crippen LogP contribution in [0.4, 0.5) is 0 Å². The Morgan fingerprint density at radius 1 is 0.840 bits per heavy atom. The SMILES string of the molecule is O=C(O)C1C(C(=O)O)C1C(=O)NCc1ccc(-c2ccncc2)cc1. The molecule has 0 saturated heterocycles. The van der Waals surface area contributed by atoms with E-state index in [1.165, 1.54) is 0 Å². The van der Waals surface area contributed by atoms with Crippen LogP contribution < -0.4 is 5.32 Å². The van der Waals surface area contributed by atoms with Gasteiger partial charge in [0.05, 0.1) is 17.8 Å². The van der Waals surface area contributed by atoms with E-state index < -0.39 is 35.6 Å². The van der Waals surface area contributed by atoms with Gasteiger partial charge in [0, 0.05) is 18.9 Å². The summed E-state index contributed by atoms with van der Waals surface area (Å²) < 4.78 is 0.